The molecule has 0 aliphatic carbocycles. The number of para-hydroxylation sites is 1. The van der Waals surface area contributed by atoms with Gasteiger partial charge in [-0.25, -0.2) is 0 Å². The summed E-state index contributed by atoms with van der Waals surface area (Å²) in [7, 11) is 0. The molecule has 1 heterocycles. The van der Waals surface area contributed by atoms with Gasteiger partial charge in [-0.1, -0.05) is 41.9 Å². The van der Waals surface area contributed by atoms with Gasteiger partial charge < -0.3 is 15.4 Å². The number of ether oxygens (including phenoxy) is 1. The van der Waals surface area contributed by atoms with E-state index in [0.717, 1.165) is 25.0 Å². The van der Waals surface area contributed by atoms with Gasteiger partial charge in [0.15, 0.2) is 0 Å². The molecule has 1 fully saturated rings. The molecule has 1 aliphatic rings. The van der Waals surface area contributed by atoms with Gasteiger partial charge in [0, 0.05) is 18.2 Å². The lowest BCUT2D eigenvalue weighted by atomic mass is 10.1. The highest BCUT2D eigenvalue weighted by Crippen LogP contribution is 2.19. The average molecular weight is 373 g/mol. The molecule has 2 N–H and O–H groups in total. The molecule has 26 heavy (non-hydrogen) atoms. The number of hydrogen-bond acceptors (Lipinski definition) is 3. The van der Waals surface area contributed by atoms with Gasteiger partial charge in [0.2, 0.25) is 5.91 Å². The Morgan fingerprint density at radius 1 is 1.12 bits per heavy atom. The van der Waals surface area contributed by atoms with E-state index >= 15 is 0 Å². The summed E-state index contributed by atoms with van der Waals surface area (Å²) in [5.74, 6) is -0.452. The number of carbonyl (C=O) groups excluding carboxylic acids is 2. The zero-order chi connectivity index (χ0) is 18.4. The van der Waals surface area contributed by atoms with Gasteiger partial charge in [0.25, 0.3) is 5.91 Å². The number of carbonyl (C=O) groups is 2. The van der Waals surface area contributed by atoms with Crippen LogP contribution in [0.25, 0.3) is 0 Å². The normalized spacial score (nSPS) is 16.3. The van der Waals surface area contributed by atoms with E-state index in [-0.39, 0.29) is 24.3 Å². The Bertz CT molecular complexity index is 788. The Morgan fingerprint density at radius 3 is 2.65 bits per heavy atom. The number of nitrogens with one attached hydrogen (secondary N) is 2. The van der Waals surface area contributed by atoms with Gasteiger partial charge in [0.1, 0.15) is 0 Å². The van der Waals surface area contributed by atoms with Gasteiger partial charge in [-0.3, -0.25) is 9.59 Å². The average Bonchev–Trinajstić information content (AvgIpc) is 3.16. The van der Waals surface area contributed by atoms with Gasteiger partial charge >= 0.3 is 0 Å². The van der Waals surface area contributed by atoms with Crippen molar-refractivity contribution in [2.75, 3.05) is 18.5 Å². The molecule has 0 bridgehead atoms. The summed E-state index contributed by atoms with van der Waals surface area (Å²) < 4.78 is 5.51. The molecule has 0 spiro atoms. The summed E-state index contributed by atoms with van der Waals surface area (Å²) in [4.78, 5) is 24.8. The van der Waals surface area contributed by atoms with E-state index in [1.54, 1.807) is 30.3 Å². The molecule has 0 aromatic heterocycles. The highest BCUT2D eigenvalue weighted by molar-refractivity contribution is 6.31. The molecule has 2 amide bonds. The van der Waals surface area contributed by atoms with Crippen molar-refractivity contribution in [3.05, 3.63) is 64.7 Å². The number of rotatable bonds is 6. The largest absolute Gasteiger partial charge is 0.376 e. The van der Waals surface area contributed by atoms with E-state index in [4.69, 9.17) is 16.3 Å². The first kappa shape index (κ1) is 18.4. The Hall–Kier alpha value is -2.37. The van der Waals surface area contributed by atoms with Crippen LogP contribution in [0.15, 0.2) is 48.5 Å². The Kier molecular flexibility index (Phi) is 6.26. The molecule has 2 aromatic carbocycles. The quantitative estimate of drug-likeness (QED) is 0.816. The van der Waals surface area contributed by atoms with Crippen LogP contribution in [0.4, 0.5) is 5.69 Å². The standard InChI is InChI=1S/C20H21ClN2O3/c21-17-9-3-1-6-14(17)12-19(24)23-18-10-4-2-8-16(18)20(25)22-13-15-7-5-11-26-15/h1-4,6,8-10,15H,5,7,11-13H2,(H,22,25)(H,23,24)/t15-/m1/s1. The van der Waals surface area contributed by atoms with Gasteiger partial charge in [-0.15, -0.1) is 0 Å². The Labute approximate surface area is 157 Å². The van der Waals surface area contributed by atoms with Crippen LogP contribution < -0.4 is 10.6 Å². The van der Waals surface area contributed by atoms with E-state index in [1.165, 1.54) is 0 Å². The third-order valence-electron chi connectivity index (χ3n) is 4.27. The Morgan fingerprint density at radius 2 is 1.88 bits per heavy atom. The molecule has 0 unspecified atom stereocenters. The monoisotopic (exact) mass is 372 g/mol. The van der Waals surface area contributed by atoms with Crippen molar-refractivity contribution in [1.82, 2.24) is 5.32 Å². The molecule has 6 heteroatoms. The van der Waals surface area contributed by atoms with Crippen molar-refractivity contribution in [1.29, 1.82) is 0 Å². The molecule has 0 saturated carbocycles. The smallest absolute Gasteiger partial charge is 0.253 e. The number of benzene rings is 2. The molecule has 1 aliphatic heterocycles. The second kappa shape index (κ2) is 8.83. The van der Waals surface area contributed by atoms with Gasteiger partial charge in [0.05, 0.1) is 23.8 Å². The number of halogens is 1. The van der Waals surface area contributed by atoms with Crippen LogP contribution in [-0.2, 0) is 16.0 Å². The maximum atomic E-state index is 12.5. The van der Waals surface area contributed by atoms with E-state index in [9.17, 15) is 9.59 Å². The molecular weight excluding hydrogens is 352 g/mol. The SMILES string of the molecule is O=C(Cc1ccccc1Cl)Nc1ccccc1C(=O)NC[C@H]1CCCO1. The predicted octanol–water partition coefficient (Wildman–Crippen LogP) is 3.43. The van der Waals surface area contributed by atoms with E-state index in [2.05, 4.69) is 10.6 Å². The first-order valence-electron chi connectivity index (χ1n) is 8.65. The van der Waals surface area contributed by atoms with Crippen molar-refractivity contribution >= 4 is 29.1 Å². The molecule has 1 saturated heterocycles. The fourth-order valence-electron chi connectivity index (χ4n) is 2.91. The summed E-state index contributed by atoms with van der Waals surface area (Å²) in [6, 6.07) is 14.2. The van der Waals surface area contributed by atoms with E-state index < -0.39 is 0 Å². The summed E-state index contributed by atoms with van der Waals surface area (Å²) in [6.45, 7) is 1.22. The second-order valence-corrected chi connectivity index (χ2v) is 6.61. The van der Waals surface area contributed by atoms with Crippen molar-refractivity contribution in [2.45, 2.75) is 25.4 Å². The second-order valence-electron chi connectivity index (χ2n) is 6.21. The van der Waals surface area contributed by atoms with Crippen LogP contribution >= 0.6 is 11.6 Å². The maximum absolute atomic E-state index is 12.5. The zero-order valence-electron chi connectivity index (χ0n) is 14.3. The number of amides is 2. The van der Waals surface area contributed by atoms with Crippen LogP contribution in [0.1, 0.15) is 28.8 Å². The van der Waals surface area contributed by atoms with Gasteiger partial charge in [-0.2, -0.15) is 0 Å². The topological polar surface area (TPSA) is 67.4 Å². The van der Waals surface area contributed by atoms with Crippen LogP contribution in [-0.4, -0.2) is 31.1 Å². The van der Waals surface area contributed by atoms with Crippen LogP contribution in [0.3, 0.4) is 0 Å². The van der Waals surface area contributed by atoms with Crippen molar-refractivity contribution in [3.63, 3.8) is 0 Å². The molecule has 0 radical (unpaired) electrons. The van der Waals surface area contributed by atoms with Crippen molar-refractivity contribution in [3.8, 4) is 0 Å². The Balaban J connectivity index is 1.63. The fraction of sp³-hybridized carbons (Fsp3) is 0.300. The van der Waals surface area contributed by atoms with Crippen molar-refractivity contribution < 1.29 is 14.3 Å². The third-order valence-corrected chi connectivity index (χ3v) is 4.64. The molecule has 1 atom stereocenters. The lowest BCUT2D eigenvalue weighted by Crippen LogP contribution is -2.32. The predicted molar refractivity (Wildman–Crippen MR) is 102 cm³/mol. The van der Waals surface area contributed by atoms with E-state index in [0.29, 0.717) is 22.8 Å². The minimum atomic E-state index is -0.228. The highest BCUT2D eigenvalue weighted by atomic mass is 35.5. The molecule has 2 aromatic rings. The third kappa shape index (κ3) is 4.84. The minimum Gasteiger partial charge on any atom is -0.376 e. The summed E-state index contributed by atoms with van der Waals surface area (Å²) in [5.41, 5.74) is 1.65. The van der Waals surface area contributed by atoms with Crippen molar-refractivity contribution in [2.24, 2.45) is 0 Å². The fourth-order valence-corrected chi connectivity index (χ4v) is 3.11. The van der Waals surface area contributed by atoms with Gasteiger partial charge in [-0.05, 0) is 36.6 Å². The number of hydrogen-bond donors (Lipinski definition) is 2. The first-order valence-corrected chi connectivity index (χ1v) is 9.03. The first-order chi connectivity index (χ1) is 12.6. The summed E-state index contributed by atoms with van der Waals surface area (Å²) >= 11 is 6.10. The lowest BCUT2D eigenvalue weighted by molar-refractivity contribution is -0.115. The van der Waals surface area contributed by atoms with E-state index in [1.807, 2.05) is 18.2 Å². The molecule has 5 nitrogen and oxygen atoms in total. The summed E-state index contributed by atoms with van der Waals surface area (Å²) in [5, 5.41) is 6.23. The zero-order valence-corrected chi connectivity index (χ0v) is 15.1. The number of anilines is 1. The minimum absolute atomic E-state index is 0.0703. The van der Waals surface area contributed by atoms with Crippen LogP contribution in [0.5, 0.6) is 0 Å². The molecule has 136 valence electrons. The van der Waals surface area contributed by atoms with Crippen LogP contribution in [0, 0.1) is 0 Å². The van der Waals surface area contributed by atoms with Crippen LogP contribution in [0.2, 0.25) is 5.02 Å². The lowest BCUT2D eigenvalue weighted by Gasteiger charge is -2.14. The highest BCUT2D eigenvalue weighted by Gasteiger charge is 2.18. The summed E-state index contributed by atoms with van der Waals surface area (Å²) in [6.07, 6.45) is 2.19. The maximum Gasteiger partial charge on any atom is 0.253 e. The molecule has 3 rings (SSSR count). The molecular formula is C20H21ClN2O3.